The van der Waals surface area contributed by atoms with Gasteiger partial charge in [-0.05, 0) is 12.1 Å². The van der Waals surface area contributed by atoms with Crippen LogP contribution in [0.3, 0.4) is 0 Å². The summed E-state index contributed by atoms with van der Waals surface area (Å²) in [5.41, 5.74) is 0.771. The van der Waals surface area contributed by atoms with Crippen LogP contribution < -0.4 is 4.74 Å². The highest BCUT2D eigenvalue weighted by molar-refractivity contribution is 8.15. The Morgan fingerprint density at radius 3 is 2.90 bits per heavy atom. The van der Waals surface area contributed by atoms with Gasteiger partial charge in [-0.15, -0.1) is 23.1 Å². The Morgan fingerprint density at radius 1 is 1.43 bits per heavy atom. The molecule has 0 saturated carbocycles. The molecule has 0 spiro atoms. The summed E-state index contributed by atoms with van der Waals surface area (Å²) in [7, 11) is 0. The van der Waals surface area contributed by atoms with Crippen LogP contribution in [0.2, 0.25) is 0 Å². The van der Waals surface area contributed by atoms with Gasteiger partial charge in [0.2, 0.25) is 0 Å². The molecule has 1 N–H and O–H groups in total. The van der Waals surface area contributed by atoms with Crippen LogP contribution in [-0.2, 0) is 9.59 Å². The molecule has 1 aromatic carbocycles. The Labute approximate surface area is 127 Å². The minimum Gasteiger partial charge on any atom is -0.480 e. The number of rotatable bonds is 3. The summed E-state index contributed by atoms with van der Waals surface area (Å²) in [6.07, 6.45) is 0. The van der Waals surface area contributed by atoms with E-state index >= 15 is 0 Å². The first kappa shape index (κ1) is 14.0. The van der Waals surface area contributed by atoms with Crippen LogP contribution in [0.5, 0.6) is 5.75 Å². The number of carboxylic acids is 1. The first-order valence-electron chi connectivity index (χ1n) is 6.06. The summed E-state index contributed by atoms with van der Waals surface area (Å²) in [5.74, 6) is -0.399. The van der Waals surface area contributed by atoms with Gasteiger partial charge in [-0.1, -0.05) is 0 Å². The smallest absolute Gasteiger partial charge is 0.329 e. The lowest BCUT2D eigenvalue weighted by Gasteiger charge is -1.99. The number of carbonyl (C=O) groups is 2. The number of benzene rings is 1. The molecule has 21 heavy (non-hydrogen) atoms. The van der Waals surface area contributed by atoms with Crippen molar-refractivity contribution >= 4 is 50.3 Å². The molecule has 8 heteroatoms. The van der Waals surface area contributed by atoms with Gasteiger partial charge in [0, 0.05) is 18.7 Å². The molecule has 1 aliphatic heterocycles. The molecule has 1 atom stereocenters. The highest BCUT2D eigenvalue weighted by Gasteiger charge is 2.26. The van der Waals surface area contributed by atoms with Gasteiger partial charge < -0.3 is 9.84 Å². The van der Waals surface area contributed by atoms with E-state index < -0.39 is 12.0 Å². The van der Waals surface area contributed by atoms with Gasteiger partial charge in [-0.25, -0.2) is 9.78 Å². The Hall–Kier alpha value is -1.93. The topological polar surface area (TPSA) is 88.9 Å². The molecular formula is C13H10N2O4S2. The zero-order chi connectivity index (χ0) is 15.0. The molecule has 108 valence electrons. The van der Waals surface area contributed by atoms with E-state index in [1.165, 1.54) is 30.0 Å². The number of nitrogens with zero attached hydrogens (tertiary/aromatic N) is 2. The number of carboxylic acid groups (broad SMARTS) is 1. The van der Waals surface area contributed by atoms with E-state index in [4.69, 9.17) is 9.84 Å². The summed E-state index contributed by atoms with van der Waals surface area (Å²) >= 11 is 2.80. The van der Waals surface area contributed by atoms with Crippen LogP contribution in [0.4, 0.5) is 0 Å². The maximum absolute atomic E-state index is 11.0. The number of hydrogen-bond acceptors (Lipinski definition) is 7. The van der Waals surface area contributed by atoms with Crippen molar-refractivity contribution in [2.24, 2.45) is 4.99 Å². The molecule has 1 aliphatic rings. The maximum atomic E-state index is 11.0. The van der Waals surface area contributed by atoms with Crippen LogP contribution in [0.15, 0.2) is 23.2 Å². The molecule has 1 unspecified atom stereocenters. The van der Waals surface area contributed by atoms with Crippen LogP contribution in [0.1, 0.15) is 11.9 Å². The largest absolute Gasteiger partial charge is 0.480 e. The predicted molar refractivity (Wildman–Crippen MR) is 81.3 cm³/mol. The lowest BCUT2D eigenvalue weighted by atomic mass is 10.3. The van der Waals surface area contributed by atoms with Gasteiger partial charge in [0.1, 0.15) is 15.8 Å². The Kier molecular flexibility index (Phi) is 3.64. The lowest BCUT2D eigenvalue weighted by Crippen LogP contribution is -2.17. The van der Waals surface area contributed by atoms with E-state index in [1.54, 1.807) is 18.2 Å². The Balaban J connectivity index is 1.93. The first-order chi connectivity index (χ1) is 10.0. The van der Waals surface area contributed by atoms with Crippen molar-refractivity contribution in [2.45, 2.75) is 13.0 Å². The molecule has 0 amide bonds. The fourth-order valence-corrected chi connectivity index (χ4v) is 3.93. The fourth-order valence-electron chi connectivity index (χ4n) is 1.84. The average Bonchev–Trinajstić information content (AvgIpc) is 3.03. The van der Waals surface area contributed by atoms with Crippen molar-refractivity contribution < 1.29 is 19.4 Å². The van der Waals surface area contributed by atoms with Crippen LogP contribution >= 0.6 is 23.1 Å². The van der Waals surface area contributed by atoms with Crippen molar-refractivity contribution in [2.75, 3.05) is 5.75 Å². The van der Waals surface area contributed by atoms with E-state index in [9.17, 15) is 9.59 Å². The number of hydrogen-bond donors (Lipinski definition) is 1. The van der Waals surface area contributed by atoms with Crippen molar-refractivity contribution in [3.05, 3.63) is 23.2 Å². The minimum atomic E-state index is -0.921. The monoisotopic (exact) mass is 322 g/mol. The zero-order valence-corrected chi connectivity index (χ0v) is 12.5. The van der Waals surface area contributed by atoms with Gasteiger partial charge in [0.15, 0.2) is 6.04 Å². The molecule has 0 saturated heterocycles. The molecule has 0 radical (unpaired) electrons. The lowest BCUT2D eigenvalue weighted by molar-refractivity contribution is -0.137. The third-order valence-corrected chi connectivity index (χ3v) is 4.95. The third kappa shape index (κ3) is 2.91. The van der Waals surface area contributed by atoms with Crippen molar-refractivity contribution in [1.29, 1.82) is 0 Å². The third-order valence-electron chi connectivity index (χ3n) is 2.74. The summed E-state index contributed by atoms with van der Waals surface area (Å²) in [4.78, 5) is 30.5. The molecule has 1 aromatic heterocycles. The highest BCUT2D eigenvalue weighted by Crippen LogP contribution is 2.31. The van der Waals surface area contributed by atoms with Crippen molar-refractivity contribution in [3.8, 4) is 5.75 Å². The molecular weight excluding hydrogens is 312 g/mol. The Bertz CT molecular complexity index is 769. The van der Waals surface area contributed by atoms with Gasteiger partial charge in [0.25, 0.3) is 0 Å². The zero-order valence-electron chi connectivity index (χ0n) is 10.9. The van der Waals surface area contributed by atoms with Gasteiger partial charge in [0.05, 0.1) is 10.2 Å². The van der Waals surface area contributed by atoms with Gasteiger partial charge >= 0.3 is 11.9 Å². The number of fused-ring (bicyclic) bond motifs is 1. The van der Waals surface area contributed by atoms with E-state index in [0.717, 1.165) is 10.2 Å². The second-order valence-corrected chi connectivity index (χ2v) is 6.38. The number of carbonyl (C=O) groups excluding carboxylic acids is 1. The quantitative estimate of drug-likeness (QED) is 0.688. The molecule has 6 nitrogen and oxygen atoms in total. The Morgan fingerprint density at radius 2 is 2.24 bits per heavy atom. The van der Waals surface area contributed by atoms with Gasteiger partial charge in [-0.3, -0.25) is 9.79 Å². The summed E-state index contributed by atoms with van der Waals surface area (Å²) in [6.45, 7) is 1.35. The molecule has 0 fully saturated rings. The standard InChI is InChI=1S/C13H10N2O4S2/c1-6(16)19-7-2-3-8-10(4-7)21-12(14-8)11-15-9(5-20-11)13(17)18/h2-4,9H,5H2,1H3,(H,17,18). The van der Waals surface area contributed by atoms with Crippen LogP contribution in [-0.4, -0.2) is 38.9 Å². The van der Waals surface area contributed by atoms with E-state index in [-0.39, 0.29) is 5.97 Å². The molecule has 0 bridgehead atoms. The van der Waals surface area contributed by atoms with Crippen molar-refractivity contribution in [1.82, 2.24) is 4.98 Å². The van der Waals surface area contributed by atoms with Crippen LogP contribution in [0.25, 0.3) is 10.2 Å². The second kappa shape index (κ2) is 5.45. The minimum absolute atomic E-state index is 0.376. The molecule has 2 aromatic rings. The van der Waals surface area contributed by atoms with E-state index in [0.29, 0.717) is 21.6 Å². The highest BCUT2D eigenvalue weighted by atomic mass is 32.2. The van der Waals surface area contributed by atoms with Crippen LogP contribution in [0, 0.1) is 0 Å². The summed E-state index contributed by atoms with van der Waals surface area (Å²) < 4.78 is 5.90. The summed E-state index contributed by atoms with van der Waals surface area (Å²) in [6, 6.07) is 4.49. The number of aliphatic imine (C=N–C) groups is 1. The number of aliphatic carboxylic acids is 1. The first-order valence-corrected chi connectivity index (χ1v) is 7.86. The van der Waals surface area contributed by atoms with Crippen molar-refractivity contribution in [3.63, 3.8) is 0 Å². The number of thiazole rings is 1. The average molecular weight is 322 g/mol. The normalized spacial score (nSPS) is 17.8. The number of esters is 1. The van der Waals surface area contributed by atoms with E-state index in [2.05, 4.69) is 9.98 Å². The number of aromatic nitrogens is 1. The van der Waals surface area contributed by atoms with E-state index in [1.807, 2.05) is 0 Å². The predicted octanol–water partition coefficient (Wildman–Crippen LogP) is 2.17. The number of ether oxygens (including phenoxy) is 1. The molecule has 0 aliphatic carbocycles. The SMILES string of the molecule is CC(=O)Oc1ccc2nc(C3=NC(C(=O)O)CS3)sc2c1. The maximum Gasteiger partial charge on any atom is 0.329 e. The molecule has 3 rings (SSSR count). The number of thioether (sulfide) groups is 1. The second-order valence-electron chi connectivity index (χ2n) is 4.34. The fraction of sp³-hybridized carbons (Fsp3) is 0.231. The van der Waals surface area contributed by atoms with Gasteiger partial charge in [-0.2, -0.15) is 0 Å². The molecule has 2 heterocycles. The summed E-state index contributed by atoms with van der Waals surface area (Å²) in [5, 5.41) is 10.3.